The van der Waals surface area contributed by atoms with E-state index in [9.17, 15) is 14.7 Å². The number of ether oxygens (including phenoxy) is 1. The second kappa shape index (κ2) is 8.13. The summed E-state index contributed by atoms with van der Waals surface area (Å²) in [5.41, 5.74) is 2.18. The number of rotatable bonds is 4. The maximum atomic E-state index is 12.9. The minimum absolute atomic E-state index is 0.0454. The summed E-state index contributed by atoms with van der Waals surface area (Å²) >= 11 is 0. The molecule has 0 aromatic heterocycles. The number of esters is 1. The zero-order chi connectivity index (χ0) is 22.5. The molecule has 3 saturated carbocycles. The molecule has 5 rings (SSSR count). The first-order valence-corrected chi connectivity index (χ1v) is 12.5. The van der Waals surface area contributed by atoms with E-state index in [0.717, 1.165) is 37.7 Å². The molecule has 1 aromatic rings. The number of fused-ring (bicyclic) bond motifs is 5. The van der Waals surface area contributed by atoms with Crippen LogP contribution < -0.4 is 0 Å². The Morgan fingerprint density at radius 2 is 1.78 bits per heavy atom. The van der Waals surface area contributed by atoms with Crippen LogP contribution >= 0.6 is 0 Å². The summed E-state index contributed by atoms with van der Waals surface area (Å²) in [5, 5.41) is 10.4. The Morgan fingerprint density at radius 3 is 2.56 bits per heavy atom. The molecule has 0 radical (unpaired) electrons. The first-order chi connectivity index (χ1) is 15.3. The van der Waals surface area contributed by atoms with Crippen molar-refractivity contribution in [3.63, 3.8) is 0 Å². The third-order valence-corrected chi connectivity index (χ3v) is 9.52. The lowest BCUT2D eigenvalue weighted by atomic mass is 9.47. The number of hydrogen-bond donors (Lipinski definition) is 1. The molecular weight excluding hydrogens is 400 g/mol. The smallest absolute Gasteiger partial charge is 0.306 e. The highest BCUT2D eigenvalue weighted by Gasteiger charge is 2.61. The molecule has 0 saturated heterocycles. The van der Waals surface area contributed by atoms with E-state index in [1.54, 1.807) is 0 Å². The number of Topliss-reactive ketones (excluding diaryl/α,β-unsaturated/α-hetero) is 1. The quantitative estimate of drug-likeness (QED) is 0.531. The van der Waals surface area contributed by atoms with E-state index in [0.29, 0.717) is 37.4 Å². The largest absolute Gasteiger partial charge is 0.458 e. The molecule has 3 fully saturated rings. The fourth-order valence-electron chi connectivity index (χ4n) is 7.59. The van der Waals surface area contributed by atoms with E-state index in [4.69, 9.17) is 4.74 Å². The molecule has 7 atom stereocenters. The summed E-state index contributed by atoms with van der Waals surface area (Å²) in [5.74, 6) is 1.12. The van der Waals surface area contributed by atoms with Crippen molar-refractivity contribution >= 4 is 11.8 Å². The minimum Gasteiger partial charge on any atom is -0.458 e. The van der Waals surface area contributed by atoms with Crippen molar-refractivity contribution in [3.05, 3.63) is 47.5 Å². The van der Waals surface area contributed by atoms with Gasteiger partial charge in [0.15, 0.2) is 0 Å². The predicted octanol–water partition coefficient (Wildman–Crippen LogP) is 5.03. The number of carbonyl (C=O) groups excluding carboxylic acids is 2. The van der Waals surface area contributed by atoms with Crippen LogP contribution in [-0.2, 0) is 20.7 Å². The van der Waals surface area contributed by atoms with Gasteiger partial charge in [-0.3, -0.25) is 9.59 Å². The van der Waals surface area contributed by atoms with E-state index in [1.165, 1.54) is 5.57 Å². The fraction of sp³-hybridized carbons (Fsp3) is 0.643. The van der Waals surface area contributed by atoms with Crippen LogP contribution in [-0.4, -0.2) is 29.1 Å². The molecule has 4 heteroatoms. The molecule has 0 aliphatic heterocycles. The molecule has 0 amide bonds. The van der Waals surface area contributed by atoms with Crippen LogP contribution in [0.3, 0.4) is 0 Å². The van der Waals surface area contributed by atoms with Crippen LogP contribution in [0.1, 0.15) is 70.8 Å². The van der Waals surface area contributed by atoms with Gasteiger partial charge in [-0.05, 0) is 73.8 Å². The van der Waals surface area contributed by atoms with E-state index >= 15 is 0 Å². The second-order valence-corrected chi connectivity index (χ2v) is 11.2. The Hall–Kier alpha value is -1.94. The van der Waals surface area contributed by atoms with E-state index in [2.05, 4.69) is 19.9 Å². The maximum absolute atomic E-state index is 12.9. The number of carbonyl (C=O) groups is 2. The number of aliphatic hydroxyl groups is 1. The summed E-state index contributed by atoms with van der Waals surface area (Å²) < 4.78 is 6.19. The summed E-state index contributed by atoms with van der Waals surface area (Å²) in [7, 11) is 0. The van der Waals surface area contributed by atoms with Crippen molar-refractivity contribution in [2.45, 2.75) is 83.8 Å². The zero-order valence-corrected chi connectivity index (χ0v) is 19.4. The first-order valence-electron chi connectivity index (χ1n) is 12.5. The van der Waals surface area contributed by atoms with Gasteiger partial charge in [-0.25, -0.2) is 0 Å². The number of ketones is 1. The third kappa shape index (κ3) is 3.55. The summed E-state index contributed by atoms with van der Waals surface area (Å²) in [6.45, 7) is 4.51. The van der Waals surface area contributed by atoms with Crippen LogP contribution in [0.25, 0.3) is 0 Å². The van der Waals surface area contributed by atoms with E-state index in [-0.39, 0.29) is 40.8 Å². The minimum atomic E-state index is -0.303. The van der Waals surface area contributed by atoms with Crippen molar-refractivity contribution in [1.82, 2.24) is 0 Å². The van der Waals surface area contributed by atoms with Gasteiger partial charge in [0.1, 0.15) is 11.9 Å². The normalized spacial score (nSPS) is 40.7. The number of hydrogen-bond acceptors (Lipinski definition) is 4. The lowest BCUT2D eigenvalue weighted by molar-refractivity contribution is -0.160. The average Bonchev–Trinajstić information content (AvgIpc) is 3.09. The molecular formula is C28H36O4. The van der Waals surface area contributed by atoms with Crippen molar-refractivity contribution in [2.75, 3.05) is 0 Å². The SMILES string of the molecule is C[C@]12CC[C@H](O)CC1=CC(OC(=O)CCc1ccccc1)C1C2CC[C@]2(C)C(=O)CCC12. The van der Waals surface area contributed by atoms with Crippen LogP contribution in [0.5, 0.6) is 0 Å². The lowest BCUT2D eigenvalue weighted by Crippen LogP contribution is -2.55. The monoisotopic (exact) mass is 436 g/mol. The van der Waals surface area contributed by atoms with Gasteiger partial charge in [-0.1, -0.05) is 49.8 Å². The molecule has 4 aliphatic rings. The molecule has 32 heavy (non-hydrogen) atoms. The van der Waals surface area contributed by atoms with Crippen LogP contribution in [0, 0.1) is 28.6 Å². The van der Waals surface area contributed by atoms with Gasteiger partial charge in [-0.2, -0.15) is 0 Å². The topological polar surface area (TPSA) is 63.6 Å². The maximum Gasteiger partial charge on any atom is 0.306 e. The number of aryl methyl sites for hydroxylation is 1. The highest BCUT2D eigenvalue weighted by molar-refractivity contribution is 5.87. The molecule has 0 bridgehead atoms. The molecule has 4 aliphatic carbocycles. The molecule has 4 unspecified atom stereocenters. The van der Waals surface area contributed by atoms with E-state index in [1.807, 2.05) is 30.3 Å². The molecule has 4 nitrogen and oxygen atoms in total. The Bertz CT molecular complexity index is 921. The first kappa shape index (κ1) is 21.9. The van der Waals surface area contributed by atoms with Crippen molar-refractivity contribution in [2.24, 2.45) is 28.6 Å². The lowest BCUT2D eigenvalue weighted by Gasteiger charge is -2.58. The molecule has 0 heterocycles. The second-order valence-electron chi connectivity index (χ2n) is 11.2. The van der Waals surface area contributed by atoms with Gasteiger partial charge in [0.25, 0.3) is 0 Å². The Morgan fingerprint density at radius 1 is 1.06 bits per heavy atom. The fourth-order valence-corrected chi connectivity index (χ4v) is 7.59. The summed E-state index contributed by atoms with van der Waals surface area (Å²) in [4.78, 5) is 25.8. The Balaban J connectivity index is 1.42. The van der Waals surface area contributed by atoms with Gasteiger partial charge in [0.05, 0.1) is 6.10 Å². The van der Waals surface area contributed by atoms with Gasteiger partial charge < -0.3 is 9.84 Å². The Labute approximate surface area is 191 Å². The highest BCUT2D eigenvalue weighted by atomic mass is 16.5. The summed E-state index contributed by atoms with van der Waals surface area (Å²) in [6.07, 6.45) is 8.64. The van der Waals surface area contributed by atoms with Gasteiger partial charge in [0.2, 0.25) is 0 Å². The Kier molecular flexibility index (Phi) is 5.56. The van der Waals surface area contributed by atoms with Gasteiger partial charge in [0, 0.05) is 24.2 Å². The molecule has 1 aromatic carbocycles. The van der Waals surface area contributed by atoms with Crippen molar-refractivity contribution in [1.29, 1.82) is 0 Å². The van der Waals surface area contributed by atoms with Crippen molar-refractivity contribution < 1.29 is 19.4 Å². The zero-order valence-electron chi connectivity index (χ0n) is 19.4. The molecule has 1 N–H and O–H groups in total. The van der Waals surface area contributed by atoms with Crippen LogP contribution in [0.15, 0.2) is 42.0 Å². The molecule has 0 spiro atoms. The molecule has 172 valence electrons. The van der Waals surface area contributed by atoms with Crippen molar-refractivity contribution in [3.8, 4) is 0 Å². The standard InChI is InChI=1S/C28H36O4/c1-27-14-12-20(29)16-19(27)17-23(32-25(31)11-8-18-6-4-3-5-7-18)26-21-9-10-24(30)28(21,2)15-13-22(26)27/h3-7,17,20-23,26,29H,8-16H2,1-2H3/t20-,21?,22?,23?,26?,27-,28-/m0/s1. The van der Waals surface area contributed by atoms with Crippen LogP contribution in [0.2, 0.25) is 0 Å². The number of aliphatic hydroxyl groups excluding tert-OH is 1. The third-order valence-electron chi connectivity index (χ3n) is 9.52. The van der Waals surface area contributed by atoms with Crippen LogP contribution in [0.4, 0.5) is 0 Å². The van der Waals surface area contributed by atoms with E-state index < -0.39 is 0 Å². The van der Waals surface area contributed by atoms with Gasteiger partial charge in [-0.15, -0.1) is 0 Å². The average molecular weight is 437 g/mol. The summed E-state index contributed by atoms with van der Waals surface area (Å²) in [6, 6.07) is 10.0. The predicted molar refractivity (Wildman–Crippen MR) is 123 cm³/mol. The highest BCUT2D eigenvalue weighted by Crippen LogP contribution is 2.64. The van der Waals surface area contributed by atoms with Gasteiger partial charge >= 0.3 is 5.97 Å². The number of benzene rings is 1.